The maximum Gasteiger partial charge on any atom is 0.302 e. The Morgan fingerprint density at radius 1 is 1.27 bits per heavy atom. The highest BCUT2D eigenvalue weighted by Crippen LogP contribution is 2.22. The molecule has 0 spiro atoms. The number of hydrogen-bond donors (Lipinski definition) is 0. The van der Waals surface area contributed by atoms with Gasteiger partial charge in [-0.05, 0) is 24.6 Å². The van der Waals surface area contributed by atoms with Crippen LogP contribution in [0.15, 0.2) is 24.3 Å². The fourth-order valence-electron chi connectivity index (χ4n) is 1.40. The van der Waals surface area contributed by atoms with Gasteiger partial charge in [0.15, 0.2) is 0 Å². The van der Waals surface area contributed by atoms with Crippen molar-refractivity contribution in [1.29, 1.82) is 0 Å². The molecule has 0 saturated carbocycles. The van der Waals surface area contributed by atoms with Gasteiger partial charge in [0.05, 0.1) is 0 Å². The quantitative estimate of drug-likeness (QED) is 0.739. The number of carbonyl (C=O) groups excluding carboxylic acids is 1. The summed E-state index contributed by atoms with van der Waals surface area (Å²) in [5.74, 6) is -0.0746. The van der Waals surface area contributed by atoms with E-state index in [4.69, 9.17) is 16.3 Å². The number of carbonyl (C=O) groups is 1. The van der Waals surface area contributed by atoms with Gasteiger partial charge in [-0.1, -0.05) is 30.7 Å². The summed E-state index contributed by atoms with van der Waals surface area (Å²) in [5, 5.41) is 0.714. The van der Waals surface area contributed by atoms with Gasteiger partial charge in [0.1, 0.15) is 6.10 Å². The van der Waals surface area contributed by atoms with E-state index < -0.39 is 0 Å². The smallest absolute Gasteiger partial charge is 0.302 e. The van der Waals surface area contributed by atoms with Crippen LogP contribution in [0.5, 0.6) is 0 Å². The largest absolute Gasteiger partial charge is 0.462 e. The second kappa shape index (κ2) is 5.17. The Morgan fingerprint density at radius 2 is 1.80 bits per heavy atom. The first-order valence-electron chi connectivity index (χ1n) is 4.93. The summed E-state index contributed by atoms with van der Waals surface area (Å²) < 4.78 is 5.12. The molecule has 15 heavy (non-hydrogen) atoms. The fourth-order valence-corrected chi connectivity index (χ4v) is 1.53. The molecule has 2 atom stereocenters. The molecule has 0 aromatic heterocycles. The fraction of sp³-hybridized carbons (Fsp3) is 0.417. The third kappa shape index (κ3) is 3.56. The molecule has 0 N–H and O–H groups in total. The summed E-state index contributed by atoms with van der Waals surface area (Å²) in [6.45, 7) is 5.34. The topological polar surface area (TPSA) is 26.3 Å². The Labute approximate surface area is 95.2 Å². The minimum atomic E-state index is -0.247. The molecular formula is C12H15ClO2. The van der Waals surface area contributed by atoms with Crippen molar-refractivity contribution in [3.8, 4) is 0 Å². The first-order chi connectivity index (χ1) is 7.00. The Balaban J connectivity index is 2.71. The van der Waals surface area contributed by atoms with Gasteiger partial charge < -0.3 is 4.74 Å². The monoisotopic (exact) mass is 226 g/mol. The van der Waals surface area contributed by atoms with Gasteiger partial charge in [0.2, 0.25) is 0 Å². The van der Waals surface area contributed by atoms with Gasteiger partial charge in [-0.25, -0.2) is 0 Å². The highest BCUT2D eigenvalue weighted by atomic mass is 35.5. The van der Waals surface area contributed by atoms with Gasteiger partial charge in [-0.2, -0.15) is 0 Å². The van der Waals surface area contributed by atoms with Crippen molar-refractivity contribution in [2.24, 2.45) is 0 Å². The molecule has 1 aromatic carbocycles. The van der Waals surface area contributed by atoms with Crippen molar-refractivity contribution in [2.45, 2.75) is 32.8 Å². The first kappa shape index (κ1) is 12.1. The van der Waals surface area contributed by atoms with Crippen molar-refractivity contribution < 1.29 is 9.53 Å². The van der Waals surface area contributed by atoms with E-state index in [0.717, 1.165) is 5.56 Å². The molecule has 0 aliphatic carbocycles. The van der Waals surface area contributed by atoms with E-state index in [-0.39, 0.29) is 18.0 Å². The lowest BCUT2D eigenvalue weighted by molar-refractivity contribution is -0.146. The van der Waals surface area contributed by atoms with Crippen LogP contribution in [0.2, 0.25) is 5.02 Å². The Morgan fingerprint density at radius 3 is 2.27 bits per heavy atom. The summed E-state index contributed by atoms with van der Waals surface area (Å²) in [5.41, 5.74) is 1.12. The lowest BCUT2D eigenvalue weighted by Gasteiger charge is -2.20. The average molecular weight is 227 g/mol. The number of halogens is 1. The van der Waals surface area contributed by atoms with Crippen LogP contribution < -0.4 is 0 Å². The molecule has 0 bridgehead atoms. The van der Waals surface area contributed by atoms with Crippen LogP contribution in [0, 0.1) is 0 Å². The molecule has 0 fully saturated rings. The highest BCUT2D eigenvalue weighted by Gasteiger charge is 2.16. The van der Waals surface area contributed by atoms with Gasteiger partial charge in [-0.3, -0.25) is 4.79 Å². The number of hydrogen-bond acceptors (Lipinski definition) is 2. The molecule has 0 aliphatic heterocycles. The number of rotatable bonds is 3. The van der Waals surface area contributed by atoms with Gasteiger partial charge >= 0.3 is 5.97 Å². The minimum absolute atomic E-state index is 0.122. The molecule has 1 aromatic rings. The molecule has 0 amide bonds. The zero-order chi connectivity index (χ0) is 11.4. The SMILES string of the molecule is CC(=O)O[C@@H](C)[C@@H](C)c1ccc(Cl)cc1. The third-order valence-electron chi connectivity index (χ3n) is 2.45. The summed E-state index contributed by atoms with van der Waals surface area (Å²) in [4.78, 5) is 10.8. The zero-order valence-electron chi connectivity index (χ0n) is 9.16. The highest BCUT2D eigenvalue weighted by molar-refractivity contribution is 6.30. The Kier molecular flexibility index (Phi) is 4.15. The molecule has 2 nitrogen and oxygen atoms in total. The van der Waals surface area contributed by atoms with Gasteiger partial charge in [0.25, 0.3) is 0 Å². The van der Waals surface area contributed by atoms with E-state index in [1.54, 1.807) is 0 Å². The number of esters is 1. The summed E-state index contributed by atoms with van der Waals surface area (Å²) >= 11 is 5.79. The summed E-state index contributed by atoms with van der Waals surface area (Å²) in [6.07, 6.45) is -0.122. The van der Waals surface area contributed by atoms with E-state index in [0.29, 0.717) is 5.02 Å². The average Bonchev–Trinajstić information content (AvgIpc) is 2.17. The predicted octanol–water partition coefficient (Wildman–Crippen LogP) is 3.40. The second-order valence-electron chi connectivity index (χ2n) is 3.65. The molecule has 3 heteroatoms. The molecule has 1 rings (SSSR count). The van der Waals surface area contributed by atoms with E-state index >= 15 is 0 Å². The predicted molar refractivity (Wildman–Crippen MR) is 61.1 cm³/mol. The van der Waals surface area contributed by atoms with E-state index in [1.165, 1.54) is 6.92 Å². The van der Waals surface area contributed by atoms with Crippen molar-refractivity contribution in [3.05, 3.63) is 34.9 Å². The van der Waals surface area contributed by atoms with E-state index in [1.807, 2.05) is 38.1 Å². The normalized spacial score (nSPS) is 14.4. The van der Waals surface area contributed by atoms with E-state index in [9.17, 15) is 4.79 Å². The van der Waals surface area contributed by atoms with Gasteiger partial charge in [-0.15, -0.1) is 0 Å². The van der Waals surface area contributed by atoms with Crippen molar-refractivity contribution in [3.63, 3.8) is 0 Å². The lowest BCUT2D eigenvalue weighted by atomic mass is 9.96. The van der Waals surface area contributed by atoms with Crippen LogP contribution in [0.4, 0.5) is 0 Å². The zero-order valence-corrected chi connectivity index (χ0v) is 9.91. The molecule has 0 aliphatic rings. The maximum absolute atomic E-state index is 10.8. The molecule has 0 heterocycles. The van der Waals surface area contributed by atoms with Crippen molar-refractivity contribution in [2.75, 3.05) is 0 Å². The Hall–Kier alpha value is -1.02. The van der Waals surface area contributed by atoms with Crippen LogP contribution in [0.1, 0.15) is 32.3 Å². The lowest BCUT2D eigenvalue weighted by Crippen LogP contribution is -2.19. The molecule has 0 unspecified atom stereocenters. The molecule has 82 valence electrons. The maximum atomic E-state index is 10.8. The van der Waals surface area contributed by atoms with Crippen LogP contribution in [0.3, 0.4) is 0 Å². The molecule has 0 radical (unpaired) electrons. The van der Waals surface area contributed by atoms with Crippen molar-refractivity contribution >= 4 is 17.6 Å². The second-order valence-corrected chi connectivity index (χ2v) is 4.09. The van der Waals surface area contributed by atoms with Crippen LogP contribution in [-0.2, 0) is 9.53 Å². The number of ether oxygens (including phenoxy) is 1. The molecular weight excluding hydrogens is 212 g/mol. The number of benzene rings is 1. The minimum Gasteiger partial charge on any atom is -0.462 e. The third-order valence-corrected chi connectivity index (χ3v) is 2.70. The van der Waals surface area contributed by atoms with Crippen LogP contribution in [0.25, 0.3) is 0 Å². The van der Waals surface area contributed by atoms with Gasteiger partial charge in [0, 0.05) is 17.9 Å². The van der Waals surface area contributed by atoms with Crippen LogP contribution >= 0.6 is 11.6 Å². The summed E-state index contributed by atoms with van der Waals surface area (Å²) in [7, 11) is 0. The molecule has 0 saturated heterocycles. The van der Waals surface area contributed by atoms with Crippen LogP contribution in [-0.4, -0.2) is 12.1 Å². The van der Waals surface area contributed by atoms with E-state index in [2.05, 4.69) is 0 Å². The first-order valence-corrected chi connectivity index (χ1v) is 5.31. The standard InChI is InChI=1S/C12H15ClO2/c1-8(9(2)15-10(3)14)11-4-6-12(13)7-5-11/h4-9H,1-3H3/t8-,9+/m1/s1. The Bertz CT molecular complexity index is 332. The van der Waals surface area contributed by atoms with Crippen molar-refractivity contribution in [1.82, 2.24) is 0 Å². The summed E-state index contributed by atoms with van der Waals surface area (Å²) in [6, 6.07) is 7.59.